The molecule has 144 valence electrons. The van der Waals surface area contributed by atoms with Crippen LogP contribution in [0, 0.1) is 6.92 Å². The lowest BCUT2D eigenvalue weighted by atomic mass is 10.2. The zero-order valence-corrected chi connectivity index (χ0v) is 16.3. The SMILES string of the molecule is COc1ccccc1N1CCN(c2cc(Nc3cccc(C)c3)ncn2)CC1. The summed E-state index contributed by atoms with van der Waals surface area (Å²) in [6.45, 7) is 5.73. The van der Waals surface area contributed by atoms with Crippen molar-refractivity contribution >= 4 is 23.0 Å². The molecule has 1 aliphatic heterocycles. The van der Waals surface area contributed by atoms with Crippen molar-refractivity contribution in [1.29, 1.82) is 0 Å². The molecule has 0 atom stereocenters. The van der Waals surface area contributed by atoms with E-state index in [1.54, 1.807) is 13.4 Å². The highest BCUT2D eigenvalue weighted by Gasteiger charge is 2.20. The molecule has 0 amide bonds. The first kappa shape index (κ1) is 18.1. The molecular formula is C22H25N5O. The molecule has 0 radical (unpaired) electrons. The first-order chi connectivity index (χ1) is 13.7. The van der Waals surface area contributed by atoms with Crippen molar-refractivity contribution in [3.05, 3.63) is 66.5 Å². The second-order valence-electron chi connectivity index (χ2n) is 6.90. The fraction of sp³-hybridized carbons (Fsp3) is 0.273. The van der Waals surface area contributed by atoms with Crippen molar-refractivity contribution in [3.63, 3.8) is 0 Å². The third kappa shape index (κ3) is 4.01. The minimum absolute atomic E-state index is 0.808. The van der Waals surface area contributed by atoms with Crippen LogP contribution in [0.2, 0.25) is 0 Å². The molecule has 0 saturated carbocycles. The van der Waals surface area contributed by atoms with Crippen molar-refractivity contribution < 1.29 is 4.74 Å². The number of piperazine rings is 1. The fourth-order valence-corrected chi connectivity index (χ4v) is 3.53. The molecule has 3 aromatic rings. The van der Waals surface area contributed by atoms with E-state index in [1.807, 2.05) is 30.3 Å². The van der Waals surface area contributed by atoms with Crippen molar-refractivity contribution in [3.8, 4) is 5.75 Å². The van der Waals surface area contributed by atoms with E-state index in [1.165, 1.54) is 5.56 Å². The lowest BCUT2D eigenvalue weighted by molar-refractivity contribution is 0.413. The quantitative estimate of drug-likeness (QED) is 0.731. The van der Waals surface area contributed by atoms with Crippen LogP contribution < -0.4 is 19.9 Å². The number of ether oxygens (including phenoxy) is 1. The molecule has 2 aromatic carbocycles. The number of rotatable bonds is 5. The Balaban J connectivity index is 1.43. The van der Waals surface area contributed by atoms with Crippen molar-refractivity contribution in [1.82, 2.24) is 9.97 Å². The highest BCUT2D eigenvalue weighted by molar-refractivity contribution is 5.62. The Morgan fingerprint density at radius 3 is 2.46 bits per heavy atom. The third-order valence-corrected chi connectivity index (χ3v) is 4.97. The summed E-state index contributed by atoms with van der Waals surface area (Å²) >= 11 is 0. The van der Waals surface area contributed by atoms with Crippen LogP contribution in [0.3, 0.4) is 0 Å². The van der Waals surface area contributed by atoms with Gasteiger partial charge in [0.1, 0.15) is 23.7 Å². The van der Waals surface area contributed by atoms with Crippen LogP contribution in [0.4, 0.5) is 23.0 Å². The van der Waals surface area contributed by atoms with Gasteiger partial charge in [-0.3, -0.25) is 0 Å². The van der Waals surface area contributed by atoms with E-state index in [0.29, 0.717) is 0 Å². The van der Waals surface area contributed by atoms with Gasteiger partial charge in [-0.05, 0) is 36.8 Å². The Labute approximate surface area is 165 Å². The maximum atomic E-state index is 5.51. The maximum Gasteiger partial charge on any atom is 0.142 e. The molecule has 1 saturated heterocycles. The molecule has 1 aliphatic rings. The van der Waals surface area contributed by atoms with Gasteiger partial charge in [-0.25, -0.2) is 9.97 Å². The van der Waals surface area contributed by atoms with Crippen LogP contribution in [-0.4, -0.2) is 43.3 Å². The standard InChI is InChI=1S/C22H25N5O/c1-17-6-5-7-18(14-17)25-21-15-22(24-16-23-21)27-12-10-26(11-13-27)19-8-3-4-9-20(19)28-2/h3-9,14-16H,10-13H2,1-2H3,(H,23,24,25). The Morgan fingerprint density at radius 2 is 1.68 bits per heavy atom. The Kier molecular flexibility index (Phi) is 5.28. The topological polar surface area (TPSA) is 53.5 Å². The summed E-state index contributed by atoms with van der Waals surface area (Å²) in [5.74, 6) is 2.68. The summed E-state index contributed by atoms with van der Waals surface area (Å²) < 4.78 is 5.51. The van der Waals surface area contributed by atoms with E-state index >= 15 is 0 Å². The molecule has 6 nitrogen and oxygen atoms in total. The van der Waals surface area contributed by atoms with Gasteiger partial charge in [0.2, 0.25) is 0 Å². The number of benzene rings is 2. The number of methoxy groups -OCH3 is 1. The average Bonchev–Trinajstić information content (AvgIpc) is 2.74. The summed E-state index contributed by atoms with van der Waals surface area (Å²) in [6, 6.07) is 18.5. The number of anilines is 4. The average molecular weight is 375 g/mol. The van der Waals surface area contributed by atoms with Gasteiger partial charge in [-0.15, -0.1) is 0 Å². The molecule has 28 heavy (non-hydrogen) atoms. The molecule has 0 spiro atoms. The van der Waals surface area contributed by atoms with Crippen molar-refractivity contribution in [2.24, 2.45) is 0 Å². The number of aromatic nitrogens is 2. The number of nitrogens with one attached hydrogen (secondary N) is 1. The normalized spacial score (nSPS) is 14.1. The highest BCUT2D eigenvalue weighted by Crippen LogP contribution is 2.29. The Hall–Kier alpha value is -3.28. The summed E-state index contributed by atoms with van der Waals surface area (Å²) in [5, 5.41) is 3.37. The second kappa shape index (κ2) is 8.17. The third-order valence-electron chi connectivity index (χ3n) is 4.97. The van der Waals surface area contributed by atoms with Crippen LogP contribution >= 0.6 is 0 Å². The number of hydrogen-bond donors (Lipinski definition) is 1. The number of para-hydroxylation sites is 2. The number of hydrogen-bond acceptors (Lipinski definition) is 6. The first-order valence-electron chi connectivity index (χ1n) is 9.51. The smallest absolute Gasteiger partial charge is 0.142 e. The molecule has 0 bridgehead atoms. The Morgan fingerprint density at radius 1 is 0.893 bits per heavy atom. The van der Waals surface area contributed by atoms with Crippen LogP contribution in [-0.2, 0) is 0 Å². The molecule has 0 aliphatic carbocycles. The van der Waals surface area contributed by atoms with E-state index in [0.717, 1.165) is 54.9 Å². The zero-order valence-electron chi connectivity index (χ0n) is 16.3. The van der Waals surface area contributed by atoms with Gasteiger partial charge in [-0.1, -0.05) is 24.3 Å². The number of aryl methyl sites for hydroxylation is 1. The minimum atomic E-state index is 0.808. The van der Waals surface area contributed by atoms with E-state index in [4.69, 9.17) is 4.74 Å². The Bertz CT molecular complexity index is 937. The predicted molar refractivity (Wildman–Crippen MR) is 114 cm³/mol. The van der Waals surface area contributed by atoms with Crippen LogP contribution in [0.15, 0.2) is 60.9 Å². The molecule has 1 N–H and O–H groups in total. The van der Waals surface area contributed by atoms with Crippen LogP contribution in [0.1, 0.15) is 5.56 Å². The van der Waals surface area contributed by atoms with Crippen LogP contribution in [0.5, 0.6) is 5.75 Å². The van der Waals surface area contributed by atoms with Gasteiger partial charge in [0, 0.05) is 37.9 Å². The van der Waals surface area contributed by atoms with Gasteiger partial charge in [0.05, 0.1) is 12.8 Å². The molecule has 6 heteroatoms. The predicted octanol–water partition coefficient (Wildman–Crippen LogP) is 3.86. The zero-order chi connectivity index (χ0) is 19.3. The molecule has 4 rings (SSSR count). The molecule has 1 fully saturated rings. The monoisotopic (exact) mass is 375 g/mol. The van der Waals surface area contributed by atoms with E-state index in [-0.39, 0.29) is 0 Å². The lowest BCUT2D eigenvalue weighted by Gasteiger charge is -2.37. The lowest BCUT2D eigenvalue weighted by Crippen LogP contribution is -2.47. The minimum Gasteiger partial charge on any atom is -0.495 e. The molecule has 2 heterocycles. The fourth-order valence-electron chi connectivity index (χ4n) is 3.53. The van der Waals surface area contributed by atoms with E-state index < -0.39 is 0 Å². The maximum absolute atomic E-state index is 5.51. The van der Waals surface area contributed by atoms with Gasteiger partial charge in [-0.2, -0.15) is 0 Å². The van der Waals surface area contributed by atoms with Crippen molar-refractivity contribution in [2.75, 3.05) is 48.4 Å². The number of nitrogens with zero attached hydrogens (tertiary/aromatic N) is 4. The summed E-state index contributed by atoms with van der Waals surface area (Å²) in [5.41, 5.74) is 3.39. The van der Waals surface area contributed by atoms with E-state index in [2.05, 4.69) is 56.3 Å². The van der Waals surface area contributed by atoms with Gasteiger partial charge < -0.3 is 19.9 Å². The first-order valence-corrected chi connectivity index (χ1v) is 9.51. The molecular weight excluding hydrogens is 350 g/mol. The van der Waals surface area contributed by atoms with Crippen LogP contribution in [0.25, 0.3) is 0 Å². The van der Waals surface area contributed by atoms with E-state index in [9.17, 15) is 0 Å². The largest absolute Gasteiger partial charge is 0.495 e. The van der Waals surface area contributed by atoms with Crippen molar-refractivity contribution in [2.45, 2.75) is 6.92 Å². The summed E-state index contributed by atoms with van der Waals surface area (Å²) in [7, 11) is 1.72. The van der Waals surface area contributed by atoms with Gasteiger partial charge in [0.15, 0.2) is 0 Å². The van der Waals surface area contributed by atoms with Gasteiger partial charge >= 0.3 is 0 Å². The molecule has 1 aromatic heterocycles. The van der Waals surface area contributed by atoms with Gasteiger partial charge in [0.25, 0.3) is 0 Å². The highest BCUT2D eigenvalue weighted by atomic mass is 16.5. The summed E-state index contributed by atoms with van der Waals surface area (Å²) in [4.78, 5) is 13.5. The second-order valence-corrected chi connectivity index (χ2v) is 6.90. The summed E-state index contributed by atoms with van der Waals surface area (Å²) in [6.07, 6.45) is 1.63. The molecule has 0 unspecified atom stereocenters.